The van der Waals surface area contributed by atoms with Gasteiger partial charge >= 0.3 is 0 Å². The summed E-state index contributed by atoms with van der Waals surface area (Å²) in [6.45, 7) is 2.67. The van der Waals surface area contributed by atoms with Gasteiger partial charge in [-0.05, 0) is 36.6 Å². The quantitative estimate of drug-likeness (QED) is 0.843. The maximum atomic E-state index is 13.6. The molecular weight excluding hydrogens is 355 g/mol. The lowest BCUT2D eigenvalue weighted by molar-refractivity contribution is -0.118. The van der Waals surface area contributed by atoms with Crippen molar-refractivity contribution in [1.29, 1.82) is 0 Å². The Morgan fingerprint density at radius 1 is 1.15 bits per heavy atom. The van der Waals surface area contributed by atoms with Gasteiger partial charge in [-0.15, -0.1) is 0 Å². The average Bonchev–Trinajstić information content (AvgIpc) is 2.62. The summed E-state index contributed by atoms with van der Waals surface area (Å²) in [5.41, 5.74) is 2.88. The van der Waals surface area contributed by atoms with Gasteiger partial charge in [-0.3, -0.25) is 4.79 Å². The number of nitrogens with zero attached hydrogens (tertiary/aromatic N) is 1. The lowest BCUT2D eigenvalue weighted by atomic mass is 9.99. The predicted octanol–water partition coefficient (Wildman–Crippen LogP) is 2.74. The zero-order valence-corrected chi connectivity index (χ0v) is 15.4. The molecular formula is C19H21FN2O3S. The lowest BCUT2D eigenvalue weighted by Gasteiger charge is -2.28. The molecule has 1 heterocycles. The first kappa shape index (κ1) is 18.5. The van der Waals surface area contributed by atoms with Crippen LogP contribution < -0.4 is 9.62 Å². The van der Waals surface area contributed by atoms with Crippen molar-refractivity contribution in [3.05, 3.63) is 65.0 Å². The third kappa shape index (κ3) is 4.11. The second kappa shape index (κ2) is 7.55. The Bertz CT molecular complexity index is 928. The van der Waals surface area contributed by atoms with Crippen molar-refractivity contribution in [2.75, 3.05) is 11.4 Å². The van der Waals surface area contributed by atoms with Crippen LogP contribution in [0.1, 0.15) is 30.0 Å². The molecule has 3 rings (SSSR count). The summed E-state index contributed by atoms with van der Waals surface area (Å²) >= 11 is 0. The summed E-state index contributed by atoms with van der Waals surface area (Å²) < 4.78 is 40.6. The fraction of sp³-hybridized carbons (Fsp3) is 0.316. The number of rotatable bonds is 6. The number of fused-ring (bicyclic) bond motifs is 1. The van der Waals surface area contributed by atoms with Gasteiger partial charge in [0.15, 0.2) is 0 Å². The Hall–Kier alpha value is -2.25. The summed E-state index contributed by atoms with van der Waals surface area (Å²) in [5, 5.41) is 0. The number of carbonyl (C=O) groups excluding carboxylic acids is 1. The first-order chi connectivity index (χ1) is 12.4. The Morgan fingerprint density at radius 3 is 2.65 bits per heavy atom. The number of benzene rings is 2. The van der Waals surface area contributed by atoms with Gasteiger partial charge in [-0.2, -0.15) is 0 Å². The maximum absolute atomic E-state index is 13.6. The molecule has 2 aromatic rings. The highest BCUT2D eigenvalue weighted by molar-refractivity contribution is 7.88. The number of sulfonamides is 1. The third-order valence-corrected chi connectivity index (χ3v) is 5.73. The molecule has 0 aliphatic carbocycles. The van der Waals surface area contributed by atoms with Crippen molar-refractivity contribution in [3.63, 3.8) is 0 Å². The topological polar surface area (TPSA) is 66.5 Å². The molecule has 7 heteroatoms. The first-order valence-electron chi connectivity index (χ1n) is 8.52. The smallest absolute Gasteiger partial charge is 0.227 e. The number of amides is 1. The van der Waals surface area contributed by atoms with E-state index in [2.05, 4.69) is 4.72 Å². The number of carbonyl (C=O) groups is 1. The molecule has 0 aromatic heterocycles. The molecule has 0 fully saturated rings. The van der Waals surface area contributed by atoms with Crippen molar-refractivity contribution in [3.8, 4) is 0 Å². The minimum absolute atomic E-state index is 0.110. The summed E-state index contributed by atoms with van der Waals surface area (Å²) in [6, 6.07) is 11.4. The van der Waals surface area contributed by atoms with Gasteiger partial charge in [-0.25, -0.2) is 17.5 Å². The molecule has 0 spiro atoms. The van der Waals surface area contributed by atoms with Crippen molar-refractivity contribution in [2.45, 2.75) is 32.1 Å². The van der Waals surface area contributed by atoms with E-state index >= 15 is 0 Å². The van der Waals surface area contributed by atoms with Crippen LogP contribution in [0.15, 0.2) is 42.5 Å². The van der Waals surface area contributed by atoms with Crippen LogP contribution in [0.25, 0.3) is 0 Å². The molecule has 0 saturated heterocycles. The highest BCUT2D eigenvalue weighted by Crippen LogP contribution is 2.28. The number of halogens is 1. The van der Waals surface area contributed by atoms with Crippen LogP contribution in [0.3, 0.4) is 0 Å². The van der Waals surface area contributed by atoms with E-state index in [0.717, 1.165) is 16.8 Å². The van der Waals surface area contributed by atoms with Crippen molar-refractivity contribution in [1.82, 2.24) is 4.72 Å². The van der Waals surface area contributed by atoms with Crippen LogP contribution >= 0.6 is 0 Å². The number of aryl methyl sites for hydroxylation is 1. The van der Waals surface area contributed by atoms with Crippen LogP contribution in [-0.4, -0.2) is 20.9 Å². The van der Waals surface area contributed by atoms with E-state index in [0.29, 0.717) is 19.4 Å². The fourth-order valence-electron chi connectivity index (χ4n) is 3.13. The van der Waals surface area contributed by atoms with Crippen LogP contribution in [0, 0.1) is 5.82 Å². The summed E-state index contributed by atoms with van der Waals surface area (Å²) in [6.07, 6.45) is 1.11. The zero-order chi connectivity index (χ0) is 18.7. The average molecular weight is 376 g/mol. The number of anilines is 1. The summed E-state index contributed by atoms with van der Waals surface area (Å²) in [4.78, 5) is 13.7. The van der Waals surface area contributed by atoms with Gasteiger partial charge in [0.2, 0.25) is 15.9 Å². The zero-order valence-electron chi connectivity index (χ0n) is 14.5. The van der Waals surface area contributed by atoms with Crippen LogP contribution in [0.5, 0.6) is 0 Å². The van der Waals surface area contributed by atoms with Crippen LogP contribution in [0.4, 0.5) is 10.1 Å². The summed E-state index contributed by atoms with van der Waals surface area (Å²) in [5.74, 6) is -0.822. The molecule has 0 unspecified atom stereocenters. The first-order valence-corrected chi connectivity index (χ1v) is 10.2. The van der Waals surface area contributed by atoms with E-state index in [1.807, 2.05) is 25.1 Å². The largest absolute Gasteiger partial charge is 0.312 e. The number of nitrogens with one attached hydrogen (secondary N) is 1. The molecule has 1 aliphatic rings. The molecule has 26 heavy (non-hydrogen) atoms. The monoisotopic (exact) mass is 376 g/mol. The number of hydrogen-bond donors (Lipinski definition) is 1. The third-order valence-electron chi connectivity index (χ3n) is 4.46. The molecule has 1 N–H and O–H groups in total. The minimum atomic E-state index is -3.66. The normalized spacial score (nSPS) is 14.4. The van der Waals surface area contributed by atoms with Gasteiger partial charge in [0.25, 0.3) is 0 Å². The predicted molar refractivity (Wildman–Crippen MR) is 98.7 cm³/mol. The molecule has 5 nitrogen and oxygen atoms in total. The van der Waals surface area contributed by atoms with E-state index < -0.39 is 21.6 Å². The molecule has 0 bridgehead atoms. The van der Waals surface area contributed by atoms with Crippen molar-refractivity contribution < 1.29 is 17.6 Å². The highest BCUT2D eigenvalue weighted by Gasteiger charge is 2.23. The van der Waals surface area contributed by atoms with Crippen LogP contribution in [0.2, 0.25) is 0 Å². The Labute approximate surface area is 152 Å². The van der Waals surface area contributed by atoms with Crippen molar-refractivity contribution >= 4 is 21.6 Å². The molecule has 2 aromatic carbocycles. The molecule has 0 atom stereocenters. The Kier molecular flexibility index (Phi) is 5.38. The van der Waals surface area contributed by atoms with E-state index in [1.165, 1.54) is 18.2 Å². The van der Waals surface area contributed by atoms with Crippen LogP contribution in [-0.2, 0) is 33.5 Å². The second-order valence-electron chi connectivity index (χ2n) is 6.27. The SMILES string of the molecule is CCN1C(=O)CCc2cc(CNS(=O)(=O)Cc3ccccc3F)ccc21. The highest BCUT2D eigenvalue weighted by atomic mass is 32.2. The van der Waals surface area contributed by atoms with Crippen molar-refractivity contribution in [2.24, 2.45) is 0 Å². The van der Waals surface area contributed by atoms with Gasteiger partial charge in [-0.1, -0.05) is 30.3 Å². The molecule has 0 saturated carbocycles. The van der Waals surface area contributed by atoms with E-state index in [9.17, 15) is 17.6 Å². The number of hydrogen-bond acceptors (Lipinski definition) is 3. The lowest BCUT2D eigenvalue weighted by Crippen LogP contribution is -2.34. The fourth-order valence-corrected chi connectivity index (χ4v) is 4.27. The van der Waals surface area contributed by atoms with Gasteiger partial charge < -0.3 is 4.90 Å². The standard InChI is InChI=1S/C19H21FN2O3S/c1-2-22-18-9-7-14(11-15(18)8-10-19(22)23)12-21-26(24,25)13-16-5-3-4-6-17(16)20/h3-7,9,11,21H,2,8,10,12-13H2,1H3. The molecule has 0 radical (unpaired) electrons. The maximum Gasteiger partial charge on any atom is 0.227 e. The molecule has 1 amide bonds. The van der Waals surface area contributed by atoms with Gasteiger partial charge in [0.05, 0.1) is 5.75 Å². The Morgan fingerprint density at radius 2 is 1.92 bits per heavy atom. The minimum Gasteiger partial charge on any atom is -0.312 e. The molecule has 1 aliphatic heterocycles. The van der Waals surface area contributed by atoms with E-state index in [1.54, 1.807) is 11.0 Å². The van der Waals surface area contributed by atoms with E-state index in [4.69, 9.17) is 0 Å². The van der Waals surface area contributed by atoms with Gasteiger partial charge in [0.1, 0.15) is 5.82 Å². The van der Waals surface area contributed by atoms with Gasteiger partial charge in [0, 0.05) is 30.8 Å². The van der Waals surface area contributed by atoms with E-state index in [-0.39, 0.29) is 18.0 Å². The summed E-state index contributed by atoms with van der Waals surface area (Å²) in [7, 11) is -3.66. The molecule has 138 valence electrons. The second-order valence-corrected chi connectivity index (χ2v) is 8.08. The Balaban J connectivity index is 1.70.